The molecule has 1 atom stereocenters. The van der Waals surface area contributed by atoms with Crippen LogP contribution in [-0.4, -0.2) is 30.5 Å². The minimum Gasteiger partial charge on any atom is -0.427 e. The van der Waals surface area contributed by atoms with Gasteiger partial charge in [-0.2, -0.15) is 0 Å². The van der Waals surface area contributed by atoms with E-state index >= 15 is 0 Å². The average Bonchev–Trinajstić information content (AvgIpc) is 3.21. The topological polar surface area (TPSA) is 93.7 Å². The summed E-state index contributed by atoms with van der Waals surface area (Å²) in [6.45, 7) is 2.19. The Morgan fingerprint density at radius 3 is 2.71 bits per heavy atom. The third kappa shape index (κ3) is 5.17. The molecule has 1 unspecified atom stereocenters. The molecular weight excluding hydrogens is 360 g/mol. The maximum Gasteiger partial charge on any atom is 0.308 e. The van der Waals surface area contributed by atoms with E-state index in [1.165, 1.54) is 13.0 Å². The van der Waals surface area contributed by atoms with Crippen LogP contribution in [0.2, 0.25) is 0 Å². The van der Waals surface area contributed by atoms with Crippen LogP contribution in [0.25, 0.3) is 0 Å². The quantitative estimate of drug-likeness (QED) is 0.592. The van der Waals surface area contributed by atoms with Gasteiger partial charge in [0.25, 0.3) is 5.91 Å². The molecule has 146 valence electrons. The second-order valence-corrected chi connectivity index (χ2v) is 6.45. The smallest absolute Gasteiger partial charge is 0.308 e. The fourth-order valence-corrected chi connectivity index (χ4v) is 2.94. The van der Waals surface area contributed by atoms with Gasteiger partial charge in [0.2, 0.25) is 5.91 Å². The van der Waals surface area contributed by atoms with E-state index in [-0.39, 0.29) is 18.4 Å². The molecule has 0 saturated carbocycles. The summed E-state index contributed by atoms with van der Waals surface area (Å²) in [5.74, 6) is -0.637. The molecule has 28 heavy (non-hydrogen) atoms. The standard InChI is InChI=1S/C21H22N2O5/c1-14(24)28-17-8-4-7-15(12-17)20(25)23-18-9-3-2-6-16(18)13-22-21(26)19-10-5-11-27-19/h2-4,6-9,12,19H,5,10-11,13H2,1H3,(H,22,26)(H,23,25). The highest BCUT2D eigenvalue weighted by Crippen LogP contribution is 2.19. The number of carbonyl (C=O) groups is 3. The summed E-state index contributed by atoms with van der Waals surface area (Å²) in [6.07, 6.45) is 1.21. The highest BCUT2D eigenvalue weighted by Gasteiger charge is 2.23. The Hall–Kier alpha value is -3.19. The van der Waals surface area contributed by atoms with Crippen molar-refractivity contribution in [3.63, 3.8) is 0 Å². The van der Waals surface area contributed by atoms with Crippen LogP contribution in [0, 0.1) is 0 Å². The summed E-state index contributed by atoms with van der Waals surface area (Å²) < 4.78 is 10.4. The fraction of sp³-hybridized carbons (Fsp3) is 0.286. The molecule has 0 bridgehead atoms. The number of nitrogens with one attached hydrogen (secondary N) is 2. The Morgan fingerprint density at radius 1 is 1.14 bits per heavy atom. The number of amides is 2. The number of ether oxygens (including phenoxy) is 2. The van der Waals surface area contributed by atoms with E-state index in [1.54, 1.807) is 30.3 Å². The predicted molar refractivity (Wildman–Crippen MR) is 103 cm³/mol. The minimum atomic E-state index is -0.454. The first-order valence-electron chi connectivity index (χ1n) is 9.10. The second kappa shape index (κ2) is 9.14. The molecule has 1 fully saturated rings. The van der Waals surface area contributed by atoms with Gasteiger partial charge in [-0.25, -0.2) is 0 Å². The molecule has 0 aliphatic carbocycles. The van der Waals surface area contributed by atoms with E-state index < -0.39 is 12.1 Å². The SMILES string of the molecule is CC(=O)Oc1cccc(C(=O)Nc2ccccc2CNC(=O)C2CCCO2)c1. The van der Waals surface area contributed by atoms with E-state index in [2.05, 4.69) is 10.6 Å². The van der Waals surface area contributed by atoms with E-state index in [9.17, 15) is 14.4 Å². The molecule has 2 N–H and O–H groups in total. The van der Waals surface area contributed by atoms with Gasteiger partial charge in [0, 0.05) is 31.3 Å². The lowest BCUT2D eigenvalue weighted by atomic mass is 10.1. The maximum absolute atomic E-state index is 12.6. The molecule has 3 rings (SSSR count). The summed E-state index contributed by atoms with van der Waals surface area (Å²) in [6, 6.07) is 13.6. The van der Waals surface area contributed by atoms with Gasteiger partial charge in [-0.15, -0.1) is 0 Å². The Bertz CT molecular complexity index is 875. The summed E-state index contributed by atoms with van der Waals surface area (Å²) in [5, 5.41) is 5.69. The van der Waals surface area contributed by atoms with Crippen LogP contribution in [-0.2, 0) is 20.9 Å². The fourth-order valence-electron chi connectivity index (χ4n) is 2.94. The molecule has 1 saturated heterocycles. The largest absolute Gasteiger partial charge is 0.427 e. The lowest BCUT2D eigenvalue weighted by molar-refractivity contribution is -0.132. The zero-order valence-electron chi connectivity index (χ0n) is 15.6. The van der Waals surface area contributed by atoms with Gasteiger partial charge in [0.05, 0.1) is 0 Å². The van der Waals surface area contributed by atoms with Gasteiger partial charge in [-0.1, -0.05) is 24.3 Å². The van der Waals surface area contributed by atoms with Crippen molar-refractivity contribution in [2.24, 2.45) is 0 Å². The number of rotatable bonds is 6. The number of carbonyl (C=O) groups excluding carboxylic acids is 3. The highest BCUT2D eigenvalue weighted by atomic mass is 16.5. The lowest BCUT2D eigenvalue weighted by Crippen LogP contribution is -2.33. The van der Waals surface area contributed by atoms with Crippen LogP contribution in [0.15, 0.2) is 48.5 Å². The van der Waals surface area contributed by atoms with E-state index in [0.29, 0.717) is 23.6 Å². The molecule has 2 amide bonds. The third-order valence-electron chi connectivity index (χ3n) is 4.30. The van der Waals surface area contributed by atoms with Crippen LogP contribution in [0.5, 0.6) is 5.75 Å². The van der Waals surface area contributed by atoms with Crippen molar-refractivity contribution in [1.29, 1.82) is 0 Å². The molecule has 0 aromatic heterocycles. The van der Waals surface area contributed by atoms with Crippen molar-refractivity contribution in [3.8, 4) is 5.75 Å². The molecule has 2 aromatic carbocycles. The Kier molecular flexibility index (Phi) is 6.39. The summed E-state index contributed by atoms with van der Waals surface area (Å²) in [5.41, 5.74) is 1.73. The monoisotopic (exact) mass is 382 g/mol. The van der Waals surface area contributed by atoms with Gasteiger partial charge in [-0.3, -0.25) is 14.4 Å². The summed E-state index contributed by atoms with van der Waals surface area (Å²) in [7, 11) is 0. The van der Waals surface area contributed by atoms with Gasteiger partial charge in [-0.05, 0) is 42.7 Å². The Balaban J connectivity index is 1.66. The number of anilines is 1. The summed E-state index contributed by atoms with van der Waals surface area (Å²) >= 11 is 0. The first-order chi connectivity index (χ1) is 13.5. The molecule has 0 spiro atoms. The molecule has 7 nitrogen and oxygen atoms in total. The number of hydrogen-bond acceptors (Lipinski definition) is 5. The van der Waals surface area contributed by atoms with Crippen LogP contribution in [0.3, 0.4) is 0 Å². The second-order valence-electron chi connectivity index (χ2n) is 6.45. The molecule has 0 radical (unpaired) electrons. The normalized spacial score (nSPS) is 15.7. The molecular formula is C21H22N2O5. The van der Waals surface area contributed by atoms with Crippen molar-refractivity contribution in [1.82, 2.24) is 5.32 Å². The number of benzene rings is 2. The van der Waals surface area contributed by atoms with Crippen molar-refractivity contribution in [2.45, 2.75) is 32.4 Å². The molecule has 2 aromatic rings. The van der Waals surface area contributed by atoms with Crippen molar-refractivity contribution >= 4 is 23.5 Å². The maximum atomic E-state index is 12.6. The van der Waals surface area contributed by atoms with Crippen LogP contribution in [0.1, 0.15) is 35.7 Å². The van der Waals surface area contributed by atoms with Crippen molar-refractivity contribution in [2.75, 3.05) is 11.9 Å². The number of hydrogen-bond donors (Lipinski definition) is 2. The van der Waals surface area contributed by atoms with Gasteiger partial charge >= 0.3 is 5.97 Å². The van der Waals surface area contributed by atoms with Gasteiger partial charge in [0.15, 0.2) is 0 Å². The predicted octanol–water partition coefficient (Wildman–Crippen LogP) is 2.66. The molecule has 7 heteroatoms. The van der Waals surface area contributed by atoms with Crippen molar-refractivity contribution < 1.29 is 23.9 Å². The van der Waals surface area contributed by atoms with Crippen LogP contribution >= 0.6 is 0 Å². The average molecular weight is 382 g/mol. The minimum absolute atomic E-state index is 0.146. The van der Waals surface area contributed by atoms with E-state index in [4.69, 9.17) is 9.47 Å². The molecule has 1 aliphatic rings. The van der Waals surface area contributed by atoms with E-state index in [1.807, 2.05) is 12.1 Å². The third-order valence-corrected chi connectivity index (χ3v) is 4.30. The lowest BCUT2D eigenvalue weighted by Gasteiger charge is -2.14. The van der Waals surface area contributed by atoms with E-state index in [0.717, 1.165) is 18.4 Å². The number of para-hydroxylation sites is 1. The first kappa shape index (κ1) is 19.6. The summed E-state index contributed by atoms with van der Waals surface area (Å²) in [4.78, 5) is 35.8. The zero-order chi connectivity index (χ0) is 19.9. The Labute approximate surface area is 163 Å². The van der Waals surface area contributed by atoms with Gasteiger partial charge in [0.1, 0.15) is 11.9 Å². The van der Waals surface area contributed by atoms with Crippen LogP contribution < -0.4 is 15.4 Å². The molecule has 1 heterocycles. The van der Waals surface area contributed by atoms with Crippen molar-refractivity contribution in [3.05, 3.63) is 59.7 Å². The zero-order valence-corrected chi connectivity index (χ0v) is 15.6. The number of esters is 1. The van der Waals surface area contributed by atoms with Crippen LogP contribution in [0.4, 0.5) is 5.69 Å². The first-order valence-corrected chi connectivity index (χ1v) is 9.10. The van der Waals surface area contributed by atoms with Gasteiger partial charge < -0.3 is 20.1 Å². The Morgan fingerprint density at radius 2 is 1.96 bits per heavy atom. The molecule has 1 aliphatic heterocycles. The highest BCUT2D eigenvalue weighted by molar-refractivity contribution is 6.05.